The van der Waals surface area contributed by atoms with Crippen molar-refractivity contribution in [3.05, 3.63) is 70.4 Å². The van der Waals surface area contributed by atoms with Gasteiger partial charge in [-0.2, -0.15) is 9.40 Å². The lowest BCUT2D eigenvalue weighted by atomic mass is 10.1. The van der Waals surface area contributed by atoms with Crippen molar-refractivity contribution in [2.24, 2.45) is 0 Å². The molecule has 0 spiro atoms. The number of aromatic nitrogens is 2. The molecule has 2 aromatic carbocycles. The molecule has 1 unspecified atom stereocenters. The molecule has 184 valence electrons. The molecule has 0 aliphatic carbocycles. The number of hydrogen-bond acceptors (Lipinski definition) is 6. The standard InChI is InChI=1S/C24H26N4O5S2/c1-16-4-3-5-22(17(16)2)28-23(20-14-34(30)15-21(20)26-28)25-24(29)18-6-8-19(9-7-18)35(31,32)27-10-12-33-13-11-27/h3-9H,10-15H2,1-2H3,(H,25,29). The minimum Gasteiger partial charge on any atom is -0.379 e. The van der Waals surface area contributed by atoms with Gasteiger partial charge in [0, 0.05) is 35.0 Å². The Morgan fingerprint density at radius 3 is 2.49 bits per heavy atom. The van der Waals surface area contributed by atoms with Crippen molar-refractivity contribution < 1.29 is 22.2 Å². The van der Waals surface area contributed by atoms with Gasteiger partial charge in [-0.05, 0) is 55.3 Å². The molecule has 0 bridgehead atoms. The zero-order valence-corrected chi connectivity index (χ0v) is 21.1. The van der Waals surface area contributed by atoms with Gasteiger partial charge in [0.05, 0.1) is 41.0 Å². The molecule has 5 rings (SSSR count). The van der Waals surface area contributed by atoms with Gasteiger partial charge in [-0.1, -0.05) is 12.1 Å². The molecule has 2 aliphatic heterocycles. The highest BCUT2D eigenvalue weighted by atomic mass is 32.2. The molecule has 1 amide bonds. The Bertz CT molecular complexity index is 1420. The van der Waals surface area contributed by atoms with Gasteiger partial charge < -0.3 is 10.1 Å². The van der Waals surface area contributed by atoms with E-state index in [9.17, 15) is 17.4 Å². The van der Waals surface area contributed by atoms with Gasteiger partial charge in [0.2, 0.25) is 10.0 Å². The number of nitrogens with zero attached hydrogens (tertiary/aromatic N) is 3. The number of sulfonamides is 1. The monoisotopic (exact) mass is 514 g/mol. The summed E-state index contributed by atoms with van der Waals surface area (Å²) in [6.45, 7) is 5.34. The Morgan fingerprint density at radius 2 is 1.77 bits per heavy atom. The van der Waals surface area contributed by atoms with E-state index in [2.05, 4.69) is 10.4 Å². The molecule has 35 heavy (non-hydrogen) atoms. The van der Waals surface area contributed by atoms with Crippen molar-refractivity contribution >= 4 is 32.5 Å². The number of hydrogen-bond donors (Lipinski definition) is 1. The van der Waals surface area contributed by atoms with Crippen LogP contribution in [0.1, 0.15) is 32.7 Å². The van der Waals surface area contributed by atoms with Crippen molar-refractivity contribution in [1.82, 2.24) is 14.1 Å². The first kappa shape index (κ1) is 23.9. The summed E-state index contributed by atoms with van der Waals surface area (Å²) in [5.74, 6) is 0.776. The van der Waals surface area contributed by atoms with Crippen LogP contribution >= 0.6 is 0 Å². The molecule has 1 saturated heterocycles. The second-order valence-corrected chi connectivity index (χ2v) is 12.0. The van der Waals surface area contributed by atoms with Crippen LogP contribution < -0.4 is 5.32 Å². The average Bonchev–Trinajstić information content (AvgIpc) is 3.38. The molecular weight excluding hydrogens is 488 g/mol. The number of carbonyl (C=O) groups is 1. The predicted molar refractivity (Wildman–Crippen MR) is 133 cm³/mol. The minimum atomic E-state index is -3.65. The van der Waals surface area contributed by atoms with Gasteiger partial charge in [0.25, 0.3) is 5.91 Å². The van der Waals surface area contributed by atoms with Crippen LogP contribution in [0.4, 0.5) is 5.82 Å². The highest BCUT2D eigenvalue weighted by Crippen LogP contribution is 2.33. The van der Waals surface area contributed by atoms with Crippen LogP contribution in [0.15, 0.2) is 47.4 Å². The number of anilines is 1. The number of carbonyl (C=O) groups excluding carboxylic acids is 1. The SMILES string of the molecule is Cc1cccc(-n2nc3c(c2NC(=O)c2ccc(S(=O)(=O)N4CCOCC4)cc2)CS(=O)C3)c1C. The van der Waals surface area contributed by atoms with Crippen LogP contribution in [0, 0.1) is 13.8 Å². The largest absolute Gasteiger partial charge is 0.379 e. The Kier molecular flexibility index (Phi) is 6.34. The van der Waals surface area contributed by atoms with E-state index in [1.165, 1.54) is 28.6 Å². The van der Waals surface area contributed by atoms with Crippen molar-refractivity contribution in [1.29, 1.82) is 0 Å². The molecular formula is C24H26N4O5S2. The van der Waals surface area contributed by atoms with Crippen molar-refractivity contribution in [3.63, 3.8) is 0 Å². The molecule has 1 atom stereocenters. The van der Waals surface area contributed by atoms with E-state index in [-0.39, 0.29) is 4.90 Å². The first-order chi connectivity index (χ1) is 16.8. The summed E-state index contributed by atoms with van der Waals surface area (Å²) >= 11 is 0. The Labute approximate surface area is 206 Å². The van der Waals surface area contributed by atoms with Gasteiger partial charge >= 0.3 is 0 Å². The third kappa shape index (κ3) is 4.44. The van der Waals surface area contributed by atoms with E-state index in [4.69, 9.17) is 4.74 Å². The van der Waals surface area contributed by atoms with Crippen LogP contribution in [0.25, 0.3) is 5.69 Å². The highest BCUT2D eigenvalue weighted by molar-refractivity contribution is 7.89. The first-order valence-corrected chi connectivity index (χ1v) is 14.2. The quantitative estimate of drug-likeness (QED) is 0.560. The van der Waals surface area contributed by atoms with Crippen LogP contribution in [0.3, 0.4) is 0 Å². The molecule has 2 aliphatic rings. The first-order valence-electron chi connectivity index (χ1n) is 11.3. The lowest BCUT2D eigenvalue weighted by Gasteiger charge is -2.26. The summed E-state index contributed by atoms with van der Waals surface area (Å²) in [6.07, 6.45) is 0. The summed E-state index contributed by atoms with van der Waals surface area (Å²) in [7, 11) is -4.70. The molecule has 3 aromatic rings. The molecule has 11 heteroatoms. The third-order valence-corrected chi connectivity index (χ3v) is 9.55. The van der Waals surface area contributed by atoms with Gasteiger partial charge in [-0.15, -0.1) is 0 Å². The second kappa shape index (κ2) is 9.30. The van der Waals surface area contributed by atoms with Crippen LogP contribution in [-0.4, -0.2) is 58.9 Å². The summed E-state index contributed by atoms with van der Waals surface area (Å²) in [4.78, 5) is 13.3. The number of aryl methyl sites for hydroxylation is 1. The molecule has 9 nitrogen and oxygen atoms in total. The van der Waals surface area contributed by atoms with E-state index in [1.54, 1.807) is 4.68 Å². The number of amides is 1. The molecule has 1 N–H and O–H groups in total. The fourth-order valence-corrected chi connectivity index (χ4v) is 6.96. The van der Waals surface area contributed by atoms with E-state index < -0.39 is 26.7 Å². The number of benzene rings is 2. The second-order valence-electron chi connectivity index (χ2n) is 8.63. The summed E-state index contributed by atoms with van der Waals surface area (Å²) in [5.41, 5.74) is 4.76. The molecule has 0 radical (unpaired) electrons. The molecule has 0 saturated carbocycles. The zero-order chi connectivity index (χ0) is 24.7. The Morgan fingerprint density at radius 1 is 1.06 bits per heavy atom. The van der Waals surface area contributed by atoms with Crippen LogP contribution in [0.5, 0.6) is 0 Å². The zero-order valence-electron chi connectivity index (χ0n) is 19.5. The number of rotatable bonds is 5. The van der Waals surface area contributed by atoms with Gasteiger partial charge in [0.1, 0.15) is 5.82 Å². The van der Waals surface area contributed by atoms with E-state index in [0.29, 0.717) is 54.9 Å². The normalized spacial score (nSPS) is 18.4. The molecule has 3 heterocycles. The molecule has 1 aromatic heterocycles. The Balaban J connectivity index is 1.44. The number of ether oxygens (including phenoxy) is 1. The van der Waals surface area contributed by atoms with Crippen molar-refractivity contribution in [2.45, 2.75) is 30.2 Å². The van der Waals surface area contributed by atoms with E-state index >= 15 is 0 Å². The number of nitrogens with one attached hydrogen (secondary N) is 1. The lowest BCUT2D eigenvalue weighted by Crippen LogP contribution is -2.40. The fourth-order valence-electron chi connectivity index (χ4n) is 4.29. The fraction of sp³-hybridized carbons (Fsp3) is 0.333. The third-order valence-electron chi connectivity index (χ3n) is 6.43. The summed E-state index contributed by atoms with van der Waals surface area (Å²) < 4.78 is 46.3. The van der Waals surface area contributed by atoms with Gasteiger partial charge in [0.15, 0.2) is 0 Å². The minimum absolute atomic E-state index is 0.132. The predicted octanol–water partition coefficient (Wildman–Crippen LogP) is 2.52. The van der Waals surface area contributed by atoms with Gasteiger partial charge in [-0.25, -0.2) is 13.1 Å². The topological polar surface area (TPSA) is 111 Å². The van der Waals surface area contributed by atoms with Crippen LogP contribution in [-0.2, 0) is 37.1 Å². The maximum absolute atomic E-state index is 13.2. The summed E-state index contributed by atoms with van der Waals surface area (Å²) in [5, 5.41) is 7.62. The number of morpholine rings is 1. The van der Waals surface area contributed by atoms with Gasteiger partial charge in [-0.3, -0.25) is 9.00 Å². The van der Waals surface area contributed by atoms with Crippen molar-refractivity contribution in [2.75, 3.05) is 31.6 Å². The molecule has 1 fully saturated rings. The highest BCUT2D eigenvalue weighted by Gasteiger charge is 2.30. The summed E-state index contributed by atoms with van der Waals surface area (Å²) in [6, 6.07) is 11.8. The van der Waals surface area contributed by atoms with E-state index in [0.717, 1.165) is 22.4 Å². The number of fused-ring (bicyclic) bond motifs is 1. The lowest BCUT2D eigenvalue weighted by molar-refractivity contribution is 0.0730. The maximum Gasteiger partial charge on any atom is 0.256 e. The van der Waals surface area contributed by atoms with Crippen LogP contribution in [0.2, 0.25) is 0 Å². The Hall–Kier alpha value is -2.86. The average molecular weight is 515 g/mol. The van der Waals surface area contributed by atoms with E-state index in [1.807, 2.05) is 32.0 Å². The smallest absolute Gasteiger partial charge is 0.256 e. The van der Waals surface area contributed by atoms with Crippen molar-refractivity contribution in [3.8, 4) is 5.69 Å². The maximum atomic E-state index is 13.2.